The lowest BCUT2D eigenvalue weighted by molar-refractivity contribution is 1.11. The normalized spacial score (nSPS) is 6.67. The molecule has 48 valence electrons. The van der Waals surface area contributed by atoms with E-state index in [0.717, 1.165) is 0 Å². The summed E-state index contributed by atoms with van der Waals surface area (Å²) in [6.45, 7) is 0. The molecule has 0 amide bonds. The first kappa shape index (κ1) is 11.4. The van der Waals surface area contributed by atoms with Crippen molar-refractivity contribution >= 4 is 20.7 Å². The van der Waals surface area contributed by atoms with Gasteiger partial charge in [0.1, 0.15) is 0 Å². The van der Waals surface area contributed by atoms with Crippen LogP contribution in [0, 0.1) is 0 Å². The van der Waals surface area contributed by atoms with E-state index in [0.29, 0.717) is 0 Å². The molecule has 0 saturated carbocycles. The third-order valence-electron chi connectivity index (χ3n) is 0.800. The topological polar surface area (TPSA) is 0 Å². The quantitative estimate of drug-likeness (QED) is 0.472. The van der Waals surface area contributed by atoms with E-state index in [1.807, 2.05) is 30.3 Å². The van der Waals surface area contributed by atoms with Crippen molar-refractivity contribution in [2.45, 2.75) is 0 Å². The molecule has 9 heavy (non-hydrogen) atoms. The van der Waals surface area contributed by atoms with E-state index in [-0.39, 0.29) is 9.41 Å². The first-order chi connectivity index (χ1) is 3.39. The van der Waals surface area contributed by atoms with Gasteiger partial charge >= 0.3 is 0 Å². The molecule has 0 aliphatic rings. The minimum absolute atomic E-state index is 0. The standard InChI is InChI=1S/C6H5.Al.2FH/c1-2-4-6-5-3-1;;;/h1-5H;;2*1H. The molecule has 0 nitrogen and oxygen atoms in total. The minimum atomic E-state index is 0. The average molecular weight is 144 g/mol. The molecule has 1 aromatic rings. The van der Waals surface area contributed by atoms with Crippen LogP contribution in [0.5, 0.6) is 0 Å². The first-order valence-corrected chi connectivity index (χ1v) is 2.78. The Labute approximate surface area is 61.1 Å². The van der Waals surface area contributed by atoms with Crippen molar-refractivity contribution in [3.05, 3.63) is 30.3 Å². The zero-order chi connectivity index (χ0) is 5.11. The van der Waals surface area contributed by atoms with E-state index in [9.17, 15) is 0 Å². The molecule has 0 saturated heterocycles. The number of benzene rings is 1. The second-order valence-electron chi connectivity index (χ2n) is 1.41. The van der Waals surface area contributed by atoms with Gasteiger partial charge in [0.2, 0.25) is 0 Å². The Morgan fingerprint density at radius 2 is 1.33 bits per heavy atom. The van der Waals surface area contributed by atoms with Crippen molar-refractivity contribution in [3.63, 3.8) is 0 Å². The lowest BCUT2D eigenvalue weighted by atomic mass is 10.4. The van der Waals surface area contributed by atoms with Gasteiger partial charge < -0.3 is 0 Å². The summed E-state index contributed by atoms with van der Waals surface area (Å²) >= 11 is 2.63. The highest BCUT2D eigenvalue weighted by molar-refractivity contribution is 6.32. The van der Waals surface area contributed by atoms with Crippen LogP contribution in [0.2, 0.25) is 0 Å². The number of hydrogen-bond donors (Lipinski definition) is 0. The third-order valence-corrected chi connectivity index (χ3v) is 1.18. The number of rotatable bonds is 0. The molecule has 3 heteroatoms. The van der Waals surface area contributed by atoms with Crippen molar-refractivity contribution < 1.29 is 9.41 Å². The highest BCUT2D eigenvalue weighted by atomic mass is 27.0. The van der Waals surface area contributed by atoms with Gasteiger partial charge in [-0.25, -0.2) is 0 Å². The fourth-order valence-corrected chi connectivity index (χ4v) is 0.675. The maximum atomic E-state index is 2.63. The van der Waals surface area contributed by atoms with Gasteiger partial charge in [-0.05, 0) is 0 Å². The Morgan fingerprint density at radius 3 is 1.56 bits per heavy atom. The lowest BCUT2D eigenvalue weighted by Gasteiger charge is -1.84. The summed E-state index contributed by atoms with van der Waals surface area (Å²) < 4.78 is 1.24. The first-order valence-electron chi connectivity index (χ1n) is 2.20. The van der Waals surface area contributed by atoms with Crippen LogP contribution in [0.25, 0.3) is 0 Å². The molecule has 0 spiro atoms. The van der Waals surface area contributed by atoms with Crippen molar-refractivity contribution in [2.75, 3.05) is 0 Å². The molecule has 0 aromatic heterocycles. The summed E-state index contributed by atoms with van der Waals surface area (Å²) in [5.74, 6) is 0. The molecule has 0 aliphatic carbocycles. The Hall–Kier alpha value is -0.388. The van der Waals surface area contributed by atoms with Gasteiger partial charge in [0, 0.05) is 0 Å². The molecule has 0 heterocycles. The van der Waals surface area contributed by atoms with E-state index in [2.05, 4.69) is 16.3 Å². The SMILES string of the molecule is F.F.[Al][c]1ccccc1. The third kappa shape index (κ3) is 4.14. The lowest BCUT2D eigenvalue weighted by Crippen LogP contribution is -1.97. The van der Waals surface area contributed by atoms with Gasteiger partial charge in [-0.1, -0.05) is 30.3 Å². The fourth-order valence-electron chi connectivity index (χ4n) is 0.453. The predicted molar refractivity (Wildman–Crippen MR) is 36.8 cm³/mol. The molecule has 0 bridgehead atoms. The molecule has 0 N–H and O–H groups in total. The smallest absolute Gasteiger partial charge is 0.175 e. The second-order valence-corrected chi connectivity index (χ2v) is 2.08. The zero-order valence-corrected chi connectivity index (χ0v) is 5.94. The summed E-state index contributed by atoms with van der Waals surface area (Å²) in [5.41, 5.74) is 0. The van der Waals surface area contributed by atoms with Crippen LogP contribution >= 0.6 is 0 Å². The molecular weight excluding hydrogens is 137 g/mol. The van der Waals surface area contributed by atoms with Crippen LogP contribution in [0.1, 0.15) is 0 Å². The van der Waals surface area contributed by atoms with Gasteiger partial charge in [-0.2, -0.15) is 0 Å². The van der Waals surface area contributed by atoms with Crippen LogP contribution in [0.15, 0.2) is 30.3 Å². The summed E-state index contributed by atoms with van der Waals surface area (Å²) in [6, 6.07) is 10.1. The average Bonchev–Trinajstić information content (AvgIpc) is 1.69. The van der Waals surface area contributed by atoms with E-state index >= 15 is 0 Å². The molecule has 1 aromatic carbocycles. The Bertz CT molecular complexity index is 141. The van der Waals surface area contributed by atoms with Crippen LogP contribution in [-0.4, -0.2) is 16.3 Å². The zero-order valence-electron chi connectivity index (χ0n) is 4.78. The van der Waals surface area contributed by atoms with E-state index in [1.54, 1.807) is 0 Å². The minimum Gasteiger partial charge on any atom is -0.269 e. The van der Waals surface area contributed by atoms with Crippen LogP contribution in [0.4, 0.5) is 9.41 Å². The number of halogens is 2. The molecule has 2 radical (unpaired) electrons. The van der Waals surface area contributed by atoms with E-state index in [4.69, 9.17) is 0 Å². The largest absolute Gasteiger partial charge is 0.269 e. The van der Waals surface area contributed by atoms with Gasteiger partial charge in [-0.15, -0.1) is 4.43 Å². The van der Waals surface area contributed by atoms with Crippen LogP contribution in [0.3, 0.4) is 0 Å². The van der Waals surface area contributed by atoms with E-state index < -0.39 is 0 Å². The fraction of sp³-hybridized carbons (Fsp3) is 0. The van der Waals surface area contributed by atoms with Crippen LogP contribution in [-0.2, 0) is 0 Å². The highest BCUT2D eigenvalue weighted by Gasteiger charge is 1.71. The summed E-state index contributed by atoms with van der Waals surface area (Å²) in [5, 5.41) is 0. The molecule has 1 rings (SSSR count). The maximum absolute atomic E-state index is 2.63. The molecule has 0 aliphatic heterocycles. The molecule has 0 fully saturated rings. The van der Waals surface area contributed by atoms with Crippen molar-refractivity contribution in [2.24, 2.45) is 0 Å². The second kappa shape index (κ2) is 5.74. The Balaban J connectivity index is 0. The van der Waals surface area contributed by atoms with E-state index in [1.165, 1.54) is 4.43 Å². The van der Waals surface area contributed by atoms with Gasteiger partial charge in [0.25, 0.3) is 0 Å². The van der Waals surface area contributed by atoms with Gasteiger partial charge in [0.15, 0.2) is 16.3 Å². The Kier molecular flexibility index (Phi) is 7.28. The van der Waals surface area contributed by atoms with Crippen molar-refractivity contribution in [1.82, 2.24) is 0 Å². The predicted octanol–water partition coefficient (Wildman–Crippen LogP) is 0.785. The molecule has 0 atom stereocenters. The molecule has 0 unspecified atom stereocenters. The number of hydrogen-bond acceptors (Lipinski definition) is 0. The molecular formula is C6H7AlF2. The summed E-state index contributed by atoms with van der Waals surface area (Å²) in [6.07, 6.45) is 0. The van der Waals surface area contributed by atoms with Crippen LogP contribution < -0.4 is 4.43 Å². The monoisotopic (exact) mass is 144 g/mol. The Morgan fingerprint density at radius 1 is 0.889 bits per heavy atom. The summed E-state index contributed by atoms with van der Waals surface area (Å²) in [7, 11) is 0. The maximum Gasteiger partial charge on any atom is 0.175 e. The van der Waals surface area contributed by atoms with Crippen molar-refractivity contribution in [1.29, 1.82) is 0 Å². The van der Waals surface area contributed by atoms with Crippen molar-refractivity contribution in [3.8, 4) is 0 Å². The highest BCUT2D eigenvalue weighted by Crippen LogP contribution is 1.76. The summed E-state index contributed by atoms with van der Waals surface area (Å²) in [4.78, 5) is 0. The van der Waals surface area contributed by atoms with Gasteiger partial charge in [0.05, 0.1) is 0 Å². The van der Waals surface area contributed by atoms with Gasteiger partial charge in [-0.3, -0.25) is 9.41 Å².